The Hall–Kier alpha value is -2.71. The molecule has 0 spiro atoms. The number of rotatable bonds is 5. The number of thiazole rings is 1. The van der Waals surface area contributed by atoms with E-state index in [0.717, 1.165) is 34.0 Å². The summed E-state index contributed by atoms with van der Waals surface area (Å²) in [5.41, 5.74) is 8.53. The first-order valence-corrected chi connectivity index (χ1v) is 8.91. The smallest absolute Gasteiger partial charge is 0.260 e. The van der Waals surface area contributed by atoms with Gasteiger partial charge in [-0.05, 0) is 38.1 Å². The minimum atomic E-state index is -0.570. The molecule has 0 saturated heterocycles. The average Bonchev–Trinajstić information content (AvgIpc) is 3.16. The van der Waals surface area contributed by atoms with Crippen LogP contribution in [0.4, 0.5) is 5.13 Å². The van der Waals surface area contributed by atoms with Gasteiger partial charge >= 0.3 is 0 Å². The van der Waals surface area contributed by atoms with E-state index in [4.69, 9.17) is 17.3 Å². The van der Waals surface area contributed by atoms with Gasteiger partial charge in [-0.25, -0.2) is 9.67 Å². The molecule has 134 valence electrons. The zero-order valence-electron chi connectivity index (χ0n) is 14.1. The number of amides is 2. The molecule has 3 N–H and O–H groups in total. The number of anilines is 1. The maximum absolute atomic E-state index is 12.3. The molecule has 0 aliphatic heterocycles. The molecule has 9 heteroatoms. The van der Waals surface area contributed by atoms with Crippen LogP contribution in [0.25, 0.3) is 5.69 Å². The van der Waals surface area contributed by atoms with Crippen LogP contribution in [0, 0.1) is 13.8 Å². The second kappa shape index (κ2) is 7.27. The molecule has 0 radical (unpaired) electrons. The van der Waals surface area contributed by atoms with Crippen molar-refractivity contribution < 1.29 is 9.59 Å². The molecule has 2 amide bonds. The van der Waals surface area contributed by atoms with E-state index < -0.39 is 5.91 Å². The number of aromatic nitrogens is 3. The van der Waals surface area contributed by atoms with Gasteiger partial charge < -0.3 is 11.1 Å². The number of primary amides is 1. The number of nitrogens with two attached hydrogens (primary N) is 1. The molecule has 1 aromatic carbocycles. The summed E-state index contributed by atoms with van der Waals surface area (Å²) in [6.45, 7) is 3.77. The molecular weight excluding hydrogens is 374 g/mol. The topological polar surface area (TPSA) is 103 Å². The molecule has 0 fully saturated rings. The predicted octanol–water partition coefficient (Wildman–Crippen LogP) is 2.88. The molecule has 3 rings (SSSR count). The lowest BCUT2D eigenvalue weighted by atomic mass is 10.1. The van der Waals surface area contributed by atoms with Crippen LogP contribution in [0.2, 0.25) is 5.02 Å². The van der Waals surface area contributed by atoms with Gasteiger partial charge in [0.25, 0.3) is 5.91 Å². The first-order chi connectivity index (χ1) is 12.3. The van der Waals surface area contributed by atoms with Crippen LogP contribution >= 0.6 is 22.9 Å². The number of aryl methyl sites for hydroxylation is 1. The maximum atomic E-state index is 12.3. The van der Waals surface area contributed by atoms with Crippen molar-refractivity contribution in [2.75, 3.05) is 5.32 Å². The Morgan fingerprint density at radius 1 is 1.27 bits per heavy atom. The molecule has 2 aromatic heterocycles. The monoisotopic (exact) mass is 389 g/mol. The van der Waals surface area contributed by atoms with Gasteiger partial charge in [-0.2, -0.15) is 5.10 Å². The molecule has 7 nitrogen and oxygen atoms in total. The van der Waals surface area contributed by atoms with Crippen LogP contribution in [-0.4, -0.2) is 26.6 Å². The number of carbonyl (C=O) groups is 2. The van der Waals surface area contributed by atoms with Gasteiger partial charge in [0.1, 0.15) is 4.88 Å². The molecule has 3 aromatic rings. The highest BCUT2D eigenvalue weighted by molar-refractivity contribution is 7.17. The minimum Gasteiger partial charge on any atom is -0.365 e. The summed E-state index contributed by atoms with van der Waals surface area (Å²) < 4.78 is 1.78. The van der Waals surface area contributed by atoms with Crippen molar-refractivity contribution in [2.45, 2.75) is 20.3 Å². The average molecular weight is 390 g/mol. The fourth-order valence-corrected chi connectivity index (χ4v) is 3.34. The van der Waals surface area contributed by atoms with Gasteiger partial charge in [0.15, 0.2) is 5.13 Å². The van der Waals surface area contributed by atoms with Gasteiger partial charge in [-0.15, -0.1) is 0 Å². The van der Waals surface area contributed by atoms with Crippen molar-refractivity contribution in [3.8, 4) is 5.69 Å². The third-order valence-electron chi connectivity index (χ3n) is 3.84. The first kappa shape index (κ1) is 18.1. The van der Waals surface area contributed by atoms with E-state index in [9.17, 15) is 9.59 Å². The largest absolute Gasteiger partial charge is 0.365 e. The van der Waals surface area contributed by atoms with E-state index in [1.165, 1.54) is 6.20 Å². The van der Waals surface area contributed by atoms with E-state index in [1.807, 2.05) is 26.0 Å². The van der Waals surface area contributed by atoms with Gasteiger partial charge in [0, 0.05) is 16.3 Å². The van der Waals surface area contributed by atoms with Crippen molar-refractivity contribution >= 4 is 39.9 Å². The number of carbonyl (C=O) groups excluding carboxylic acids is 2. The first-order valence-electron chi connectivity index (χ1n) is 7.71. The summed E-state index contributed by atoms with van der Waals surface area (Å²) in [5.74, 6) is -0.809. The van der Waals surface area contributed by atoms with E-state index in [0.29, 0.717) is 15.0 Å². The molecule has 26 heavy (non-hydrogen) atoms. The Balaban J connectivity index is 1.78. The summed E-state index contributed by atoms with van der Waals surface area (Å²) in [4.78, 5) is 27.7. The standard InChI is InChI=1S/C17H16ClN5O2S/c1-9-13(7-15(24)21-17-20-8-14(26-17)16(19)25)10(2)23(22-9)12-5-3-11(18)4-6-12/h3-6,8H,7H2,1-2H3,(H2,19,25)(H,20,21,24). The third-order valence-corrected chi connectivity index (χ3v) is 5.02. The molecule has 0 unspecified atom stereocenters. The van der Waals surface area contributed by atoms with Gasteiger partial charge in [-0.3, -0.25) is 9.59 Å². The quantitative estimate of drug-likeness (QED) is 0.700. The van der Waals surface area contributed by atoms with Gasteiger partial charge in [-0.1, -0.05) is 22.9 Å². The Morgan fingerprint density at radius 3 is 2.58 bits per heavy atom. The van der Waals surface area contributed by atoms with E-state index in [-0.39, 0.29) is 12.3 Å². The van der Waals surface area contributed by atoms with Crippen molar-refractivity contribution in [1.29, 1.82) is 0 Å². The Bertz CT molecular complexity index is 978. The summed E-state index contributed by atoms with van der Waals surface area (Å²) in [5, 5.41) is 8.18. The summed E-state index contributed by atoms with van der Waals surface area (Å²) >= 11 is 6.97. The number of nitrogens with one attached hydrogen (secondary N) is 1. The van der Waals surface area contributed by atoms with Crippen molar-refractivity contribution in [3.63, 3.8) is 0 Å². The molecular formula is C17H16ClN5O2S. The summed E-state index contributed by atoms with van der Waals surface area (Å²) in [7, 11) is 0. The third kappa shape index (κ3) is 3.76. The molecule has 2 heterocycles. The lowest BCUT2D eigenvalue weighted by molar-refractivity contribution is -0.115. The highest BCUT2D eigenvalue weighted by Gasteiger charge is 2.17. The van der Waals surface area contributed by atoms with Gasteiger partial charge in [0.2, 0.25) is 5.91 Å². The molecule has 0 aliphatic carbocycles. The van der Waals surface area contributed by atoms with Crippen molar-refractivity contribution in [2.24, 2.45) is 5.73 Å². The number of nitrogens with zero attached hydrogens (tertiary/aromatic N) is 3. The lowest BCUT2D eigenvalue weighted by Gasteiger charge is -2.06. The van der Waals surface area contributed by atoms with Crippen LogP contribution < -0.4 is 11.1 Å². The van der Waals surface area contributed by atoms with Crippen LogP contribution in [-0.2, 0) is 11.2 Å². The SMILES string of the molecule is Cc1nn(-c2ccc(Cl)cc2)c(C)c1CC(=O)Nc1ncc(C(N)=O)s1. The normalized spacial score (nSPS) is 10.7. The van der Waals surface area contributed by atoms with Crippen LogP contribution in [0.5, 0.6) is 0 Å². The zero-order valence-corrected chi connectivity index (χ0v) is 15.7. The molecule has 0 atom stereocenters. The van der Waals surface area contributed by atoms with Crippen molar-refractivity contribution in [3.05, 3.63) is 57.3 Å². The highest BCUT2D eigenvalue weighted by atomic mass is 35.5. The molecule has 0 bridgehead atoms. The Kier molecular flexibility index (Phi) is 5.06. The molecule has 0 aliphatic rings. The number of halogens is 1. The fraction of sp³-hybridized carbons (Fsp3) is 0.176. The molecule has 0 saturated carbocycles. The maximum Gasteiger partial charge on any atom is 0.260 e. The van der Waals surface area contributed by atoms with Crippen LogP contribution in [0.1, 0.15) is 26.6 Å². The van der Waals surface area contributed by atoms with Crippen LogP contribution in [0.15, 0.2) is 30.5 Å². The number of hydrogen-bond donors (Lipinski definition) is 2. The van der Waals surface area contributed by atoms with E-state index in [2.05, 4.69) is 15.4 Å². The Labute approximate surface area is 158 Å². The lowest BCUT2D eigenvalue weighted by Crippen LogP contribution is -2.15. The second-order valence-corrected chi connectivity index (χ2v) is 7.12. The number of hydrogen-bond acceptors (Lipinski definition) is 5. The van der Waals surface area contributed by atoms with Crippen molar-refractivity contribution in [1.82, 2.24) is 14.8 Å². The highest BCUT2D eigenvalue weighted by Crippen LogP contribution is 2.21. The summed E-state index contributed by atoms with van der Waals surface area (Å²) in [6, 6.07) is 7.32. The number of benzene rings is 1. The van der Waals surface area contributed by atoms with E-state index in [1.54, 1.807) is 16.8 Å². The van der Waals surface area contributed by atoms with Gasteiger partial charge in [0.05, 0.1) is 24.0 Å². The Morgan fingerprint density at radius 2 is 1.96 bits per heavy atom. The van der Waals surface area contributed by atoms with Crippen LogP contribution in [0.3, 0.4) is 0 Å². The summed E-state index contributed by atoms with van der Waals surface area (Å²) in [6.07, 6.45) is 1.49. The fourth-order valence-electron chi connectivity index (χ4n) is 2.53. The predicted molar refractivity (Wildman–Crippen MR) is 101 cm³/mol. The minimum absolute atomic E-state index is 0.150. The second-order valence-electron chi connectivity index (χ2n) is 5.66. The zero-order chi connectivity index (χ0) is 18.8. The van der Waals surface area contributed by atoms with E-state index >= 15 is 0 Å².